The fourth-order valence-corrected chi connectivity index (χ4v) is 2.49. The second kappa shape index (κ2) is 6.02. The summed E-state index contributed by atoms with van der Waals surface area (Å²) in [6.45, 7) is 0.512. The monoisotopic (exact) mass is 295 g/mol. The summed E-state index contributed by atoms with van der Waals surface area (Å²) in [5.74, 6) is 6.43. The van der Waals surface area contributed by atoms with Gasteiger partial charge in [0.1, 0.15) is 15.7 Å². The second-order valence-electron chi connectivity index (χ2n) is 4.47. The van der Waals surface area contributed by atoms with Gasteiger partial charge < -0.3 is 5.32 Å². The maximum atomic E-state index is 11.1. The number of nitrogen functional groups attached to an aromatic ring is 1. The molecule has 108 valence electrons. The second-order valence-corrected chi connectivity index (χ2v) is 6.73. The fraction of sp³-hybridized carbons (Fsp3) is 0.333. The molecule has 0 amide bonds. The fourth-order valence-electron chi connectivity index (χ4n) is 1.82. The number of fused-ring (bicyclic) bond motifs is 1. The normalized spacial score (nSPS) is 11.5. The Kier molecular flexibility index (Phi) is 4.35. The van der Waals surface area contributed by atoms with Crippen LogP contribution in [0.5, 0.6) is 0 Å². The molecule has 0 saturated heterocycles. The largest absolute Gasteiger partial charge is 0.369 e. The number of para-hydroxylation sites is 1. The third-order valence-corrected chi connectivity index (χ3v) is 3.75. The average Bonchev–Trinajstić information content (AvgIpc) is 2.42. The molecule has 7 nitrogen and oxygen atoms in total. The lowest BCUT2D eigenvalue weighted by atomic mass is 10.2. The van der Waals surface area contributed by atoms with E-state index in [-0.39, 0.29) is 5.75 Å². The smallest absolute Gasteiger partial charge is 0.239 e. The van der Waals surface area contributed by atoms with Crippen LogP contribution in [0.2, 0.25) is 0 Å². The number of benzene rings is 1. The van der Waals surface area contributed by atoms with Gasteiger partial charge in [-0.3, -0.25) is 5.43 Å². The quantitative estimate of drug-likeness (QED) is 0.410. The number of hydrogen-bond donors (Lipinski definition) is 3. The predicted octanol–water partition coefficient (Wildman–Crippen LogP) is 0.762. The van der Waals surface area contributed by atoms with Crippen LogP contribution in [0.3, 0.4) is 0 Å². The van der Waals surface area contributed by atoms with Crippen molar-refractivity contribution in [1.29, 1.82) is 0 Å². The Labute approximate surface area is 117 Å². The zero-order valence-corrected chi connectivity index (χ0v) is 11.9. The highest BCUT2D eigenvalue weighted by molar-refractivity contribution is 7.90. The Morgan fingerprint density at radius 3 is 2.70 bits per heavy atom. The summed E-state index contributed by atoms with van der Waals surface area (Å²) in [5, 5.41) is 3.99. The van der Waals surface area contributed by atoms with Crippen LogP contribution >= 0.6 is 0 Å². The van der Waals surface area contributed by atoms with Gasteiger partial charge in [-0.2, -0.15) is 4.98 Å². The van der Waals surface area contributed by atoms with Crippen molar-refractivity contribution in [3.05, 3.63) is 24.3 Å². The molecule has 0 atom stereocenters. The highest BCUT2D eigenvalue weighted by Gasteiger charge is 2.07. The number of nitrogens with two attached hydrogens (primary N) is 1. The molecule has 4 N–H and O–H groups in total. The molecular weight excluding hydrogens is 278 g/mol. The SMILES string of the molecule is CS(=O)(=O)CCCNc1nc(NN)nc2ccccc12. The zero-order chi connectivity index (χ0) is 14.6. The summed E-state index contributed by atoms with van der Waals surface area (Å²) in [6.07, 6.45) is 1.74. The Bertz CT molecular complexity index is 702. The zero-order valence-electron chi connectivity index (χ0n) is 11.1. The van der Waals surface area contributed by atoms with Crippen molar-refractivity contribution in [1.82, 2.24) is 9.97 Å². The Morgan fingerprint density at radius 2 is 2.00 bits per heavy atom. The molecular formula is C12H17N5O2S. The number of aromatic nitrogens is 2. The maximum absolute atomic E-state index is 11.1. The number of sulfone groups is 1. The molecule has 8 heteroatoms. The summed E-state index contributed by atoms with van der Waals surface area (Å²) in [7, 11) is -2.94. The van der Waals surface area contributed by atoms with Crippen molar-refractivity contribution in [3.8, 4) is 0 Å². The molecule has 1 aromatic carbocycles. The average molecular weight is 295 g/mol. The van der Waals surface area contributed by atoms with Gasteiger partial charge in [0.15, 0.2) is 0 Å². The first-order chi connectivity index (χ1) is 9.49. The molecule has 0 aliphatic carbocycles. The number of hydrazine groups is 1. The molecule has 0 aliphatic rings. The Balaban J connectivity index is 2.16. The summed E-state index contributed by atoms with van der Waals surface area (Å²) in [6, 6.07) is 7.53. The third kappa shape index (κ3) is 3.78. The highest BCUT2D eigenvalue weighted by atomic mass is 32.2. The van der Waals surface area contributed by atoms with Gasteiger partial charge in [0, 0.05) is 18.2 Å². The van der Waals surface area contributed by atoms with E-state index in [1.165, 1.54) is 6.26 Å². The minimum Gasteiger partial charge on any atom is -0.369 e. The third-order valence-electron chi connectivity index (χ3n) is 2.72. The van der Waals surface area contributed by atoms with E-state index in [1.54, 1.807) is 0 Å². The van der Waals surface area contributed by atoms with Crippen molar-refractivity contribution >= 4 is 32.5 Å². The van der Waals surface area contributed by atoms with E-state index < -0.39 is 9.84 Å². The van der Waals surface area contributed by atoms with Gasteiger partial charge in [0.25, 0.3) is 0 Å². The van der Waals surface area contributed by atoms with Crippen molar-refractivity contribution in [3.63, 3.8) is 0 Å². The van der Waals surface area contributed by atoms with E-state index in [4.69, 9.17) is 5.84 Å². The molecule has 2 rings (SSSR count). The molecule has 0 radical (unpaired) electrons. The van der Waals surface area contributed by atoms with Gasteiger partial charge in [0.05, 0.1) is 11.3 Å². The molecule has 0 spiro atoms. The van der Waals surface area contributed by atoms with Crippen LogP contribution in [-0.2, 0) is 9.84 Å². The van der Waals surface area contributed by atoms with Crippen molar-refractivity contribution < 1.29 is 8.42 Å². The number of anilines is 2. The van der Waals surface area contributed by atoms with Crippen LogP contribution in [0.25, 0.3) is 10.9 Å². The van der Waals surface area contributed by atoms with Crippen molar-refractivity contribution in [2.75, 3.05) is 29.3 Å². The molecule has 0 bridgehead atoms. The lowest BCUT2D eigenvalue weighted by Gasteiger charge is -2.10. The molecule has 0 unspecified atom stereocenters. The van der Waals surface area contributed by atoms with Gasteiger partial charge >= 0.3 is 0 Å². The van der Waals surface area contributed by atoms with Gasteiger partial charge in [-0.05, 0) is 18.6 Å². The van der Waals surface area contributed by atoms with E-state index in [2.05, 4.69) is 20.7 Å². The summed E-state index contributed by atoms with van der Waals surface area (Å²) < 4.78 is 22.2. The summed E-state index contributed by atoms with van der Waals surface area (Å²) >= 11 is 0. The Morgan fingerprint density at radius 1 is 1.25 bits per heavy atom. The first kappa shape index (κ1) is 14.5. The highest BCUT2D eigenvalue weighted by Crippen LogP contribution is 2.21. The van der Waals surface area contributed by atoms with Crippen LogP contribution < -0.4 is 16.6 Å². The molecule has 0 aliphatic heterocycles. The molecule has 20 heavy (non-hydrogen) atoms. The van der Waals surface area contributed by atoms with E-state index in [1.807, 2.05) is 24.3 Å². The van der Waals surface area contributed by atoms with Gasteiger partial charge in [0.2, 0.25) is 5.95 Å². The standard InChI is InChI=1S/C12H17N5O2S/c1-20(18,19)8-4-7-14-11-9-5-2-3-6-10(9)15-12(16-11)17-13/h2-3,5-6H,4,7-8,13H2,1H3,(H2,14,15,16,17). The van der Waals surface area contributed by atoms with E-state index >= 15 is 0 Å². The maximum Gasteiger partial charge on any atom is 0.239 e. The van der Waals surface area contributed by atoms with Crippen molar-refractivity contribution in [2.45, 2.75) is 6.42 Å². The number of nitrogens with zero attached hydrogens (tertiary/aromatic N) is 2. The predicted molar refractivity (Wildman–Crippen MR) is 80.2 cm³/mol. The van der Waals surface area contributed by atoms with Crippen LogP contribution in [-0.4, -0.2) is 36.9 Å². The van der Waals surface area contributed by atoms with Crippen molar-refractivity contribution in [2.24, 2.45) is 5.84 Å². The van der Waals surface area contributed by atoms with Crippen LogP contribution in [0.1, 0.15) is 6.42 Å². The lowest BCUT2D eigenvalue weighted by Crippen LogP contribution is -2.14. The molecule has 1 heterocycles. The van der Waals surface area contributed by atoms with E-state index in [9.17, 15) is 8.42 Å². The minimum absolute atomic E-state index is 0.144. The molecule has 0 saturated carbocycles. The first-order valence-corrected chi connectivity index (χ1v) is 8.20. The van der Waals surface area contributed by atoms with E-state index in [0.717, 1.165) is 10.9 Å². The number of hydrogen-bond acceptors (Lipinski definition) is 7. The number of rotatable bonds is 6. The summed E-state index contributed by atoms with van der Waals surface area (Å²) in [4.78, 5) is 8.48. The lowest BCUT2D eigenvalue weighted by molar-refractivity contribution is 0.600. The van der Waals surface area contributed by atoms with E-state index in [0.29, 0.717) is 24.7 Å². The van der Waals surface area contributed by atoms with Gasteiger partial charge in [-0.25, -0.2) is 19.2 Å². The molecule has 1 aromatic heterocycles. The Hall–Kier alpha value is -1.93. The molecule has 0 fully saturated rings. The summed E-state index contributed by atoms with van der Waals surface area (Å²) in [5.41, 5.74) is 3.18. The van der Waals surface area contributed by atoms with Gasteiger partial charge in [-0.15, -0.1) is 0 Å². The number of nitrogens with one attached hydrogen (secondary N) is 2. The minimum atomic E-state index is -2.94. The van der Waals surface area contributed by atoms with Crippen LogP contribution in [0.4, 0.5) is 11.8 Å². The molecule has 2 aromatic rings. The first-order valence-electron chi connectivity index (χ1n) is 6.14. The topological polar surface area (TPSA) is 110 Å². The van der Waals surface area contributed by atoms with Crippen LogP contribution in [0, 0.1) is 0 Å². The van der Waals surface area contributed by atoms with Gasteiger partial charge in [-0.1, -0.05) is 12.1 Å². The van der Waals surface area contributed by atoms with Crippen LogP contribution in [0.15, 0.2) is 24.3 Å².